The Bertz CT molecular complexity index is 600. The van der Waals surface area contributed by atoms with E-state index in [0.29, 0.717) is 12.5 Å². The molecule has 1 unspecified atom stereocenters. The molecule has 0 radical (unpaired) electrons. The first-order chi connectivity index (χ1) is 10.3. The van der Waals surface area contributed by atoms with Crippen LogP contribution in [-0.4, -0.2) is 25.1 Å². The van der Waals surface area contributed by atoms with Crippen molar-refractivity contribution in [1.29, 1.82) is 0 Å². The predicted molar refractivity (Wildman–Crippen MR) is 83.0 cm³/mol. The summed E-state index contributed by atoms with van der Waals surface area (Å²) in [6.45, 7) is 2.54. The van der Waals surface area contributed by atoms with E-state index in [1.165, 1.54) is 11.8 Å². The standard InChI is InChI=1S/C17H20FN3/c1-19-10-15-9-16(18)11-20-17(15)21-8-7-14(12-21)13-5-3-2-4-6-13/h2-6,9,11,14,19H,7-8,10,12H2,1H3. The largest absolute Gasteiger partial charge is 0.356 e. The second-order valence-electron chi connectivity index (χ2n) is 5.51. The number of anilines is 1. The lowest BCUT2D eigenvalue weighted by Crippen LogP contribution is -2.23. The summed E-state index contributed by atoms with van der Waals surface area (Å²) in [4.78, 5) is 6.59. The fourth-order valence-electron chi connectivity index (χ4n) is 3.03. The van der Waals surface area contributed by atoms with Crippen LogP contribution >= 0.6 is 0 Å². The summed E-state index contributed by atoms with van der Waals surface area (Å²) < 4.78 is 13.4. The lowest BCUT2D eigenvalue weighted by Gasteiger charge is -2.21. The van der Waals surface area contributed by atoms with Gasteiger partial charge in [-0.3, -0.25) is 0 Å². The molecular formula is C17H20FN3. The second-order valence-corrected chi connectivity index (χ2v) is 5.51. The Kier molecular flexibility index (Phi) is 4.15. The van der Waals surface area contributed by atoms with E-state index in [9.17, 15) is 4.39 Å². The van der Waals surface area contributed by atoms with Crippen molar-refractivity contribution in [2.24, 2.45) is 0 Å². The molecule has 1 aromatic carbocycles. The van der Waals surface area contributed by atoms with Crippen LogP contribution in [0.25, 0.3) is 0 Å². The Balaban J connectivity index is 1.80. The molecule has 1 aliphatic heterocycles. The third kappa shape index (κ3) is 3.05. The number of benzene rings is 1. The van der Waals surface area contributed by atoms with Crippen molar-refractivity contribution in [3.05, 3.63) is 59.5 Å². The molecule has 110 valence electrons. The lowest BCUT2D eigenvalue weighted by molar-refractivity contribution is 0.615. The van der Waals surface area contributed by atoms with Gasteiger partial charge >= 0.3 is 0 Å². The number of hydrogen-bond donors (Lipinski definition) is 1. The van der Waals surface area contributed by atoms with Crippen LogP contribution < -0.4 is 10.2 Å². The summed E-state index contributed by atoms with van der Waals surface area (Å²) in [6.07, 6.45) is 2.42. The van der Waals surface area contributed by atoms with Gasteiger partial charge < -0.3 is 10.2 Å². The van der Waals surface area contributed by atoms with Crippen LogP contribution in [0, 0.1) is 5.82 Å². The Hall–Kier alpha value is -1.94. The highest BCUT2D eigenvalue weighted by molar-refractivity contribution is 5.49. The first kappa shape index (κ1) is 14.0. The van der Waals surface area contributed by atoms with E-state index in [4.69, 9.17) is 0 Å². The van der Waals surface area contributed by atoms with Crippen molar-refractivity contribution in [3.63, 3.8) is 0 Å². The fourth-order valence-corrected chi connectivity index (χ4v) is 3.03. The van der Waals surface area contributed by atoms with Crippen LogP contribution in [0.5, 0.6) is 0 Å². The van der Waals surface area contributed by atoms with Crippen molar-refractivity contribution in [3.8, 4) is 0 Å². The predicted octanol–water partition coefficient (Wildman–Crippen LogP) is 2.93. The molecule has 2 aromatic rings. The SMILES string of the molecule is CNCc1cc(F)cnc1N1CCC(c2ccccc2)C1. The highest BCUT2D eigenvalue weighted by atomic mass is 19.1. The van der Waals surface area contributed by atoms with E-state index < -0.39 is 0 Å². The molecule has 3 nitrogen and oxygen atoms in total. The van der Waals surface area contributed by atoms with Crippen LogP contribution in [0.3, 0.4) is 0 Å². The Morgan fingerprint density at radius 2 is 2.14 bits per heavy atom. The third-order valence-corrected chi connectivity index (χ3v) is 4.04. The van der Waals surface area contributed by atoms with Crippen LogP contribution in [-0.2, 0) is 6.54 Å². The summed E-state index contributed by atoms with van der Waals surface area (Å²) in [6, 6.07) is 12.2. The van der Waals surface area contributed by atoms with Gasteiger partial charge in [0.2, 0.25) is 0 Å². The van der Waals surface area contributed by atoms with Gasteiger partial charge in [0.25, 0.3) is 0 Å². The van der Waals surface area contributed by atoms with Gasteiger partial charge in [-0.2, -0.15) is 0 Å². The van der Waals surface area contributed by atoms with E-state index in [1.54, 1.807) is 6.07 Å². The molecule has 1 aliphatic rings. The first-order valence-electron chi connectivity index (χ1n) is 7.37. The summed E-state index contributed by atoms with van der Waals surface area (Å²) in [5.41, 5.74) is 2.29. The second kappa shape index (κ2) is 6.22. The summed E-state index contributed by atoms with van der Waals surface area (Å²) in [5, 5.41) is 3.08. The average Bonchev–Trinajstić information content (AvgIpc) is 2.98. The Morgan fingerprint density at radius 3 is 2.90 bits per heavy atom. The van der Waals surface area contributed by atoms with Crippen LogP contribution in [0.1, 0.15) is 23.5 Å². The molecule has 2 heterocycles. The number of aromatic nitrogens is 1. The summed E-state index contributed by atoms with van der Waals surface area (Å²) in [5.74, 6) is 1.16. The Labute approximate surface area is 124 Å². The van der Waals surface area contributed by atoms with Crippen molar-refractivity contribution in [2.45, 2.75) is 18.9 Å². The minimum atomic E-state index is -0.275. The highest BCUT2D eigenvalue weighted by Crippen LogP contribution is 2.31. The molecule has 1 fully saturated rings. The average molecular weight is 285 g/mol. The van der Waals surface area contributed by atoms with E-state index in [0.717, 1.165) is 30.9 Å². The molecule has 0 saturated carbocycles. The number of nitrogens with zero attached hydrogens (tertiary/aromatic N) is 2. The van der Waals surface area contributed by atoms with Crippen molar-refractivity contribution >= 4 is 5.82 Å². The number of hydrogen-bond acceptors (Lipinski definition) is 3. The third-order valence-electron chi connectivity index (χ3n) is 4.04. The van der Waals surface area contributed by atoms with Crippen molar-refractivity contribution in [2.75, 3.05) is 25.0 Å². The number of nitrogens with one attached hydrogen (secondary N) is 1. The molecular weight excluding hydrogens is 265 g/mol. The lowest BCUT2D eigenvalue weighted by atomic mass is 9.99. The fraction of sp³-hybridized carbons (Fsp3) is 0.353. The van der Waals surface area contributed by atoms with Gasteiger partial charge in [-0.25, -0.2) is 9.37 Å². The molecule has 1 saturated heterocycles. The molecule has 0 amide bonds. The van der Waals surface area contributed by atoms with Gasteiger partial charge in [0.15, 0.2) is 0 Å². The normalized spacial score (nSPS) is 18.2. The smallest absolute Gasteiger partial charge is 0.141 e. The number of rotatable bonds is 4. The Morgan fingerprint density at radius 1 is 1.33 bits per heavy atom. The highest BCUT2D eigenvalue weighted by Gasteiger charge is 2.26. The minimum absolute atomic E-state index is 0.275. The van der Waals surface area contributed by atoms with E-state index >= 15 is 0 Å². The number of halogens is 1. The molecule has 21 heavy (non-hydrogen) atoms. The summed E-state index contributed by atoms with van der Waals surface area (Å²) in [7, 11) is 1.87. The van der Waals surface area contributed by atoms with Crippen molar-refractivity contribution in [1.82, 2.24) is 10.3 Å². The molecule has 0 spiro atoms. The molecule has 1 N–H and O–H groups in total. The number of pyridine rings is 1. The van der Waals surface area contributed by atoms with Gasteiger partial charge in [0.05, 0.1) is 6.20 Å². The minimum Gasteiger partial charge on any atom is -0.356 e. The van der Waals surface area contributed by atoms with E-state index in [-0.39, 0.29) is 5.82 Å². The topological polar surface area (TPSA) is 28.2 Å². The molecule has 3 rings (SSSR count). The summed E-state index contributed by atoms with van der Waals surface area (Å²) >= 11 is 0. The zero-order valence-electron chi connectivity index (χ0n) is 12.2. The molecule has 0 aliphatic carbocycles. The molecule has 1 atom stereocenters. The molecule has 0 bridgehead atoms. The van der Waals surface area contributed by atoms with Crippen LogP contribution in [0.15, 0.2) is 42.6 Å². The maximum atomic E-state index is 13.4. The maximum Gasteiger partial charge on any atom is 0.141 e. The van der Waals surface area contributed by atoms with Crippen molar-refractivity contribution < 1.29 is 4.39 Å². The van der Waals surface area contributed by atoms with E-state index in [1.807, 2.05) is 13.1 Å². The first-order valence-corrected chi connectivity index (χ1v) is 7.37. The maximum absolute atomic E-state index is 13.4. The van der Waals surface area contributed by atoms with Gasteiger partial charge in [-0.15, -0.1) is 0 Å². The van der Waals surface area contributed by atoms with Crippen LogP contribution in [0.2, 0.25) is 0 Å². The molecule has 4 heteroatoms. The molecule has 1 aromatic heterocycles. The van der Waals surface area contributed by atoms with Gasteiger partial charge in [0, 0.05) is 31.1 Å². The van der Waals surface area contributed by atoms with Crippen LogP contribution in [0.4, 0.5) is 10.2 Å². The van der Waals surface area contributed by atoms with Gasteiger partial charge in [-0.05, 0) is 25.1 Å². The monoisotopic (exact) mass is 285 g/mol. The zero-order chi connectivity index (χ0) is 14.7. The van der Waals surface area contributed by atoms with Gasteiger partial charge in [0.1, 0.15) is 11.6 Å². The quantitative estimate of drug-likeness (QED) is 0.936. The van der Waals surface area contributed by atoms with E-state index in [2.05, 4.69) is 39.5 Å². The zero-order valence-corrected chi connectivity index (χ0v) is 12.2. The van der Waals surface area contributed by atoms with Gasteiger partial charge in [-0.1, -0.05) is 30.3 Å².